The van der Waals surface area contributed by atoms with Gasteiger partial charge in [0, 0.05) is 22.3 Å². The molecule has 0 spiro atoms. The van der Waals surface area contributed by atoms with E-state index in [2.05, 4.69) is 133 Å². The largest absolute Gasteiger partial charge is 0.354 e. The molecule has 0 saturated carbocycles. The summed E-state index contributed by atoms with van der Waals surface area (Å²) in [5.41, 5.74) is 29.8. The Bertz CT molecular complexity index is 2540. The van der Waals surface area contributed by atoms with E-state index in [-0.39, 0.29) is 0 Å². The first-order chi connectivity index (χ1) is 29.5. The molecule has 0 unspecified atom stereocenters. The van der Waals surface area contributed by atoms with Gasteiger partial charge in [-0.2, -0.15) is 45.3 Å². The van der Waals surface area contributed by atoms with Gasteiger partial charge in [0.15, 0.2) is 0 Å². The second kappa shape index (κ2) is 17.0. The van der Waals surface area contributed by atoms with Crippen molar-refractivity contribution in [1.82, 2.24) is 19.9 Å². The molecule has 0 aromatic carbocycles. The third-order valence-electron chi connectivity index (χ3n) is 12.8. The van der Waals surface area contributed by atoms with Gasteiger partial charge < -0.3 is 9.97 Å². The number of rotatable bonds is 12. The lowest BCUT2D eigenvalue weighted by Crippen LogP contribution is -1.93. The van der Waals surface area contributed by atoms with Crippen LogP contribution in [-0.2, 0) is 25.7 Å². The first kappa shape index (κ1) is 40.8. The van der Waals surface area contributed by atoms with E-state index in [9.17, 15) is 0 Å². The topological polar surface area (TPSA) is 57.4 Å². The zero-order valence-corrected chi connectivity index (χ0v) is 39.4. The van der Waals surface area contributed by atoms with Crippen LogP contribution in [0, 0.1) is 0 Å². The minimum absolute atomic E-state index is 0.893. The highest BCUT2D eigenvalue weighted by Gasteiger charge is 2.31. The lowest BCUT2D eigenvalue weighted by atomic mass is 9.91. The lowest BCUT2D eigenvalue weighted by Gasteiger charge is -2.10. The minimum Gasteiger partial charge on any atom is -0.354 e. The van der Waals surface area contributed by atoms with Gasteiger partial charge in [0.25, 0.3) is 0 Å². The molecule has 60 heavy (non-hydrogen) atoms. The normalized spacial score (nSPS) is 13.1. The number of aryl methyl sites for hydroxylation is 4. The Morgan fingerprint density at radius 1 is 0.350 bits per heavy atom. The molecular weight excluding hydrogens is 809 g/mol. The van der Waals surface area contributed by atoms with Gasteiger partial charge in [0.05, 0.1) is 44.8 Å². The molecule has 8 bridgehead atoms. The van der Waals surface area contributed by atoms with E-state index in [1.807, 2.05) is 0 Å². The van der Waals surface area contributed by atoms with Crippen molar-refractivity contribution in [2.45, 2.75) is 107 Å². The summed E-state index contributed by atoms with van der Waals surface area (Å²) >= 11 is 7.04. The van der Waals surface area contributed by atoms with Crippen molar-refractivity contribution in [3.63, 3.8) is 0 Å². The maximum Gasteiger partial charge on any atom is 0.0772 e. The molecule has 0 radical (unpaired) electrons. The zero-order valence-electron chi connectivity index (χ0n) is 36.1. The Kier molecular flexibility index (Phi) is 11.6. The van der Waals surface area contributed by atoms with Gasteiger partial charge in [0.2, 0.25) is 0 Å². The van der Waals surface area contributed by atoms with Crippen LogP contribution >= 0.6 is 45.3 Å². The zero-order chi connectivity index (χ0) is 41.7. The van der Waals surface area contributed by atoms with Crippen molar-refractivity contribution in [3.05, 3.63) is 112 Å². The SMILES string of the molecule is CCC1=C(CC)c2nc1c(-c1ccsc1)c1[nH]c(c(CC)c1CC)c(-c1ccsc1)c1nc(c(-c3ccsc3)c3[nH]c(c(CC)c3CC)c2-c2ccsc2)C(CC)=C1CC. The molecule has 0 atom stereocenters. The van der Waals surface area contributed by atoms with Gasteiger partial charge in [-0.3, -0.25) is 0 Å². The van der Waals surface area contributed by atoms with Crippen LogP contribution in [-0.4, -0.2) is 19.9 Å². The van der Waals surface area contributed by atoms with E-state index in [1.54, 1.807) is 45.3 Å². The predicted molar refractivity (Wildman–Crippen MR) is 267 cm³/mol. The van der Waals surface area contributed by atoms with E-state index in [4.69, 9.17) is 9.97 Å². The van der Waals surface area contributed by atoms with Crippen LogP contribution in [0.1, 0.15) is 126 Å². The van der Waals surface area contributed by atoms with Gasteiger partial charge in [-0.25, -0.2) is 9.97 Å². The van der Waals surface area contributed by atoms with Crippen molar-refractivity contribution in [2.24, 2.45) is 0 Å². The smallest absolute Gasteiger partial charge is 0.0772 e. The summed E-state index contributed by atoms with van der Waals surface area (Å²) < 4.78 is 0. The van der Waals surface area contributed by atoms with Crippen LogP contribution in [0.5, 0.6) is 0 Å². The summed E-state index contributed by atoms with van der Waals surface area (Å²) in [6.45, 7) is 18.6. The number of H-pyrrole nitrogens is 2. The monoisotopic (exact) mass is 862 g/mol. The van der Waals surface area contributed by atoms with Crippen molar-refractivity contribution < 1.29 is 0 Å². The Morgan fingerprint density at radius 3 is 0.750 bits per heavy atom. The first-order valence-electron chi connectivity index (χ1n) is 21.9. The number of thiophene rings is 4. The maximum atomic E-state index is 5.96. The van der Waals surface area contributed by atoms with Gasteiger partial charge in [-0.15, -0.1) is 0 Å². The van der Waals surface area contributed by atoms with E-state index in [0.717, 1.165) is 74.1 Å². The number of nitrogens with one attached hydrogen (secondary N) is 2. The third-order valence-corrected chi connectivity index (χ3v) is 15.5. The molecule has 4 nitrogen and oxygen atoms in total. The number of aromatic nitrogens is 4. The van der Waals surface area contributed by atoms with Crippen LogP contribution in [0.2, 0.25) is 0 Å². The molecule has 7 aromatic heterocycles. The molecule has 0 aliphatic carbocycles. The summed E-state index contributed by atoms with van der Waals surface area (Å²) in [7, 11) is 0. The lowest BCUT2D eigenvalue weighted by molar-refractivity contribution is 1.07. The molecule has 7 aromatic rings. The van der Waals surface area contributed by atoms with E-state index in [0.29, 0.717) is 0 Å². The fourth-order valence-electron chi connectivity index (χ4n) is 10.2. The van der Waals surface area contributed by atoms with Crippen molar-refractivity contribution in [3.8, 4) is 44.5 Å². The molecule has 2 aliphatic heterocycles. The fourth-order valence-corrected chi connectivity index (χ4v) is 12.8. The van der Waals surface area contributed by atoms with Crippen LogP contribution < -0.4 is 0 Å². The number of allylic oxidation sites excluding steroid dienone is 4. The van der Waals surface area contributed by atoms with E-state index in [1.165, 1.54) is 111 Å². The van der Waals surface area contributed by atoms with Crippen molar-refractivity contribution >= 4 is 89.7 Å². The number of hydrogen-bond acceptors (Lipinski definition) is 6. The average molecular weight is 863 g/mol. The minimum atomic E-state index is 0.893. The summed E-state index contributed by atoms with van der Waals surface area (Å²) in [5.74, 6) is 0. The van der Waals surface area contributed by atoms with Gasteiger partial charge in [-0.1, -0.05) is 55.4 Å². The van der Waals surface area contributed by atoms with Crippen LogP contribution in [0.25, 0.3) is 88.9 Å². The molecule has 306 valence electrons. The summed E-state index contributed by atoms with van der Waals surface area (Å²) in [5, 5.41) is 18.2. The third kappa shape index (κ3) is 6.40. The number of fused-ring (bicyclic) bond motifs is 8. The van der Waals surface area contributed by atoms with E-state index < -0.39 is 0 Å². The summed E-state index contributed by atoms with van der Waals surface area (Å²) in [6, 6.07) is 9.19. The van der Waals surface area contributed by atoms with E-state index >= 15 is 0 Å². The molecule has 9 heterocycles. The van der Waals surface area contributed by atoms with Gasteiger partial charge in [0.1, 0.15) is 0 Å². The molecule has 8 heteroatoms. The Balaban J connectivity index is 1.68. The molecule has 2 aliphatic rings. The highest BCUT2D eigenvalue weighted by Crippen LogP contribution is 2.50. The Hall–Kier alpha value is -4.60. The number of nitrogens with zero attached hydrogens (tertiary/aromatic N) is 2. The highest BCUT2D eigenvalue weighted by molar-refractivity contribution is 7.09. The van der Waals surface area contributed by atoms with Crippen LogP contribution in [0.15, 0.2) is 67.3 Å². The fraction of sp³-hybridized carbons (Fsp3) is 0.308. The van der Waals surface area contributed by atoms with Gasteiger partial charge >= 0.3 is 0 Å². The van der Waals surface area contributed by atoms with Crippen LogP contribution in [0.4, 0.5) is 0 Å². The molecule has 2 N–H and O–H groups in total. The molecule has 0 fully saturated rings. The number of hydrogen-bond donors (Lipinski definition) is 2. The average Bonchev–Trinajstić information content (AvgIpc) is 4.13. The second-order valence-corrected chi connectivity index (χ2v) is 18.7. The molecule has 9 rings (SSSR count). The highest BCUT2D eigenvalue weighted by atomic mass is 32.1. The quantitative estimate of drug-likeness (QED) is 0.129. The predicted octanol–water partition coefficient (Wildman–Crippen LogP) is 16.9. The molecule has 0 saturated heterocycles. The first-order valence-corrected chi connectivity index (χ1v) is 25.7. The standard InChI is InChI=1S/C52H54N4S4/c1-9-33-34(10-2)46-42(30-18-22-58-26-30)48-37(13-5)38(14-6)50(55-48)44(32-20-24-60-28-32)52-40(16-8)39(15-7)51(56-52)43(31-19-23-59-27-31)49-36(12-4)35(11-3)47(54-49)41(45(33)53-46)29-17-21-57-25-29/h17-28,53,56H,9-16H2,1-8H3. The number of aromatic amines is 2. The van der Waals surface area contributed by atoms with Crippen LogP contribution in [0.3, 0.4) is 0 Å². The molecular formula is C52H54N4S4. The van der Waals surface area contributed by atoms with Crippen molar-refractivity contribution in [2.75, 3.05) is 0 Å². The van der Waals surface area contributed by atoms with Gasteiger partial charge in [-0.05, 0) is 185 Å². The summed E-state index contributed by atoms with van der Waals surface area (Å²) in [6.07, 6.45) is 7.20. The molecule has 0 amide bonds. The second-order valence-electron chi connectivity index (χ2n) is 15.6. The Morgan fingerprint density at radius 2 is 0.583 bits per heavy atom. The Labute approximate surface area is 370 Å². The maximum absolute atomic E-state index is 5.96. The summed E-state index contributed by atoms with van der Waals surface area (Å²) in [4.78, 5) is 20.4. The van der Waals surface area contributed by atoms with Crippen molar-refractivity contribution in [1.29, 1.82) is 0 Å².